The Balaban J connectivity index is 1.19. The van der Waals surface area contributed by atoms with E-state index >= 15 is 0 Å². The fraction of sp³-hybridized carbons (Fsp3) is 0.571. The third kappa shape index (κ3) is 6.92. The molecule has 2 aromatic rings. The number of carbonyl (C=O) groups excluding carboxylic acids is 1. The summed E-state index contributed by atoms with van der Waals surface area (Å²) in [7, 11) is 0. The summed E-state index contributed by atoms with van der Waals surface area (Å²) in [6.07, 6.45) is 14.0. The van der Waals surface area contributed by atoms with Gasteiger partial charge in [-0.2, -0.15) is 0 Å². The molecule has 1 heterocycles. The Bertz CT molecular complexity index is 959. The van der Waals surface area contributed by atoms with Crippen LogP contribution < -0.4 is 11.1 Å². The average Bonchev–Trinajstić information content (AvgIpc) is 3.21. The van der Waals surface area contributed by atoms with Gasteiger partial charge < -0.3 is 16.0 Å². The molecule has 5 nitrogen and oxygen atoms in total. The summed E-state index contributed by atoms with van der Waals surface area (Å²) in [6.45, 7) is 6.71. The zero-order valence-electron chi connectivity index (χ0n) is 20.8. The molecule has 0 radical (unpaired) electrons. The van der Waals surface area contributed by atoms with Crippen molar-refractivity contribution in [2.24, 2.45) is 5.92 Å². The van der Waals surface area contributed by atoms with Gasteiger partial charge in [-0.3, -0.25) is 4.79 Å². The number of nitrogens with one attached hydrogen (secondary N) is 1. The SMILES string of the molecule is CCCN(CCC1CCC(NC(=O)/C=C/c2ccc(C)cc2)CC1)[C@H]1CCc2nc(N)sc2C1. The summed E-state index contributed by atoms with van der Waals surface area (Å²) in [6, 6.07) is 9.17. The Hall–Kier alpha value is -2.18. The van der Waals surface area contributed by atoms with E-state index in [-0.39, 0.29) is 5.91 Å². The van der Waals surface area contributed by atoms with Gasteiger partial charge in [-0.25, -0.2) is 4.98 Å². The molecule has 1 saturated carbocycles. The molecule has 3 N–H and O–H groups in total. The van der Waals surface area contributed by atoms with Gasteiger partial charge in [-0.15, -0.1) is 11.3 Å². The number of benzene rings is 1. The van der Waals surface area contributed by atoms with E-state index in [4.69, 9.17) is 5.73 Å². The first kappa shape index (κ1) is 24.9. The highest BCUT2D eigenvalue weighted by molar-refractivity contribution is 7.15. The second-order valence-corrected chi connectivity index (χ2v) is 11.2. The van der Waals surface area contributed by atoms with E-state index < -0.39 is 0 Å². The number of carbonyl (C=O) groups is 1. The number of aryl methyl sites for hydroxylation is 2. The van der Waals surface area contributed by atoms with Crippen molar-refractivity contribution in [1.29, 1.82) is 0 Å². The summed E-state index contributed by atoms with van der Waals surface area (Å²) < 4.78 is 0. The largest absolute Gasteiger partial charge is 0.375 e. The maximum absolute atomic E-state index is 12.4. The van der Waals surface area contributed by atoms with Crippen LogP contribution in [0, 0.1) is 12.8 Å². The molecule has 0 bridgehead atoms. The second kappa shape index (κ2) is 12.0. The molecule has 6 heteroatoms. The third-order valence-electron chi connectivity index (χ3n) is 7.48. The predicted molar refractivity (Wildman–Crippen MR) is 143 cm³/mol. The van der Waals surface area contributed by atoms with Crippen molar-refractivity contribution in [2.75, 3.05) is 18.8 Å². The van der Waals surface area contributed by atoms with E-state index in [1.807, 2.05) is 18.2 Å². The fourth-order valence-electron chi connectivity index (χ4n) is 5.50. The van der Waals surface area contributed by atoms with Crippen LogP contribution in [0.25, 0.3) is 6.08 Å². The highest BCUT2D eigenvalue weighted by Crippen LogP contribution is 2.32. The summed E-state index contributed by atoms with van der Waals surface area (Å²) >= 11 is 1.68. The van der Waals surface area contributed by atoms with E-state index in [9.17, 15) is 4.79 Å². The first-order valence-electron chi connectivity index (χ1n) is 13.0. The maximum atomic E-state index is 12.4. The van der Waals surface area contributed by atoms with Crippen LogP contribution in [0.2, 0.25) is 0 Å². The van der Waals surface area contributed by atoms with Crippen molar-refractivity contribution in [2.45, 2.75) is 83.7 Å². The van der Waals surface area contributed by atoms with E-state index in [1.165, 1.54) is 61.3 Å². The van der Waals surface area contributed by atoms with Crippen molar-refractivity contribution in [3.63, 3.8) is 0 Å². The quantitative estimate of drug-likeness (QED) is 0.473. The number of rotatable bonds is 9. The number of amides is 1. The Labute approximate surface area is 208 Å². The van der Waals surface area contributed by atoms with Gasteiger partial charge in [0.05, 0.1) is 5.69 Å². The topological polar surface area (TPSA) is 71.2 Å². The van der Waals surface area contributed by atoms with Crippen LogP contribution in [-0.4, -0.2) is 41.0 Å². The lowest BCUT2D eigenvalue weighted by Crippen LogP contribution is -2.41. The molecule has 4 rings (SSSR count). The number of thiazole rings is 1. The Morgan fingerprint density at radius 1 is 1.18 bits per heavy atom. The minimum Gasteiger partial charge on any atom is -0.375 e. The number of aromatic nitrogens is 1. The zero-order valence-corrected chi connectivity index (χ0v) is 21.6. The van der Waals surface area contributed by atoms with Gasteiger partial charge in [0.2, 0.25) is 5.91 Å². The molecule has 0 unspecified atom stereocenters. The van der Waals surface area contributed by atoms with Crippen LogP contribution in [0.4, 0.5) is 5.13 Å². The number of fused-ring (bicyclic) bond motifs is 1. The molecule has 1 amide bonds. The van der Waals surface area contributed by atoms with Crippen molar-refractivity contribution in [3.8, 4) is 0 Å². The zero-order chi connectivity index (χ0) is 23.9. The van der Waals surface area contributed by atoms with Crippen molar-refractivity contribution < 1.29 is 4.79 Å². The van der Waals surface area contributed by atoms with Crippen LogP contribution in [0.15, 0.2) is 30.3 Å². The molecule has 1 fully saturated rings. The van der Waals surface area contributed by atoms with Gasteiger partial charge in [0, 0.05) is 23.0 Å². The highest BCUT2D eigenvalue weighted by Gasteiger charge is 2.28. The van der Waals surface area contributed by atoms with Gasteiger partial charge >= 0.3 is 0 Å². The van der Waals surface area contributed by atoms with Gasteiger partial charge in [0.1, 0.15) is 0 Å². The minimum atomic E-state index is 0.0264. The van der Waals surface area contributed by atoms with Gasteiger partial charge in [-0.05, 0) is 95.4 Å². The van der Waals surface area contributed by atoms with Crippen LogP contribution in [0.3, 0.4) is 0 Å². The predicted octanol–water partition coefficient (Wildman–Crippen LogP) is 5.38. The third-order valence-corrected chi connectivity index (χ3v) is 8.43. The second-order valence-electron chi connectivity index (χ2n) is 10.1. The maximum Gasteiger partial charge on any atom is 0.244 e. The number of anilines is 1. The molecule has 0 saturated heterocycles. The molecule has 1 aromatic heterocycles. The Morgan fingerprint density at radius 3 is 2.68 bits per heavy atom. The Morgan fingerprint density at radius 2 is 1.94 bits per heavy atom. The monoisotopic (exact) mass is 480 g/mol. The molecule has 1 aromatic carbocycles. The van der Waals surface area contributed by atoms with Crippen molar-refractivity contribution >= 4 is 28.5 Å². The normalized spacial score (nSPS) is 22.7. The number of nitrogen functional groups attached to an aromatic ring is 1. The number of hydrogen-bond acceptors (Lipinski definition) is 5. The lowest BCUT2D eigenvalue weighted by molar-refractivity contribution is -0.117. The number of hydrogen-bond donors (Lipinski definition) is 2. The van der Waals surface area contributed by atoms with Gasteiger partial charge in [0.15, 0.2) is 5.13 Å². The molecule has 34 heavy (non-hydrogen) atoms. The standard InChI is InChI=1S/C28H40N4OS/c1-3-17-32(24-13-14-25-26(19-24)34-28(29)31-25)18-16-22-8-11-23(12-9-22)30-27(33)15-10-21-6-4-20(2)5-7-21/h4-7,10,15,22-24H,3,8-9,11-14,16-19H2,1-2H3,(H2,29,31)(H,30,33)/b15-10+/t22?,23?,24-/m0/s1. The molecule has 1 atom stereocenters. The average molecular weight is 481 g/mol. The molecular formula is C28H40N4OS. The first-order chi connectivity index (χ1) is 16.5. The van der Waals surface area contributed by atoms with E-state index in [0.29, 0.717) is 12.1 Å². The van der Waals surface area contributed by atoms with E-state index in [2.05, 4.69) is 41.2 Å². The lowest BCUT2D eigenvalue weighted by atomic mass is 9.83. The summed E-state index contributed by atoms with van der Waals surface area (Å²) in [4.78, 5) is 21.0. The van der Waals surface area contributed by atoms with Crippen LogP contribution in [0.1, 0.15) is 73.6 Å². The molecule has 0 spiro atoms. The van der Waals surface area contributed by atoms with Crippen molar-refractivity contribution in [1.82, 2.24) is 15.2 Å². The first-order valence-corrected chi connectivity index (χ1v) is 13.8. The minimum absolute atomic E-state index is 0.0264. The molecule has 2 aliphatic rings. The summed E-state index contributed by atoms with van der Waals surface area (Å²) in [5.74, 6) is 0.798. The van der Waals surface area contributed by atoms with Crippen LogP contribution in [0.5, 0.6) is 0 Å². The number of nitrogens with zero attached hydrogens (tertiary/aromatic N) is 2. The van der Waals surface area contributed by atoms with Crippen LogP contribution in [-0.2, 0) is 17.6 Å². The highest BCUT2D eigenvalue weighted by atomic mass is 32.1. The number of nitrogens with two attached hydrogens (primary N) is 1. The molecular weight excluding hydrogens is 440 g/mol. The molecule has 2 aliphatic carbocycles. The van der Waals surface area contributed by atoms with Gasteiger partial charge in [-0.1, -0.05) is 36.8 Å². The summed E-state index contributed by atoms with van der Waals surface area (Å²) in [5, 5.41) is 3.94. The smallest absolute Gasteiger partial charge is 0.244 e. The molecule has 184 valence electrons. The molecule has 0 aliphatic heterocycles. The van der Waals surface area contributed by atoms with Gasteiger partial charge in [0.25, 0.3) is 0 Å². The lowest BCUT2D eigenvalue weighted by Gasteiger charge is -2.36. The van der Waals surface area contributed by atoms with Crippen LogP contribution >= 0.6 is 11.3 Å². The fourth-order valence-corrected chi connectivity index (χ4v) is 6.45. The van der Waals surface area contributed by atoms with Crippen molar-refractivity contribution in [3.05, 3.63) is 52.0 Å². The van der Waals surface area contributed by atoms with E-state index in [1.54, 1.807) is 17.4 Å². The Kier molecular flexibility index (Phi) is 8.79. The van der Waals surface area contributed by atoms with E-state index in [0.717, 1.165) is 42.3 Å². The summed E-state index contributed by atoms with van der Waals surface area (Å²) in [5.41, 5.74) is 9.48.